The summed E-state index contributed by atoms with van der Waals surface area (Å²) in [4.78, 5) is 6.26. The molecule has 37 heavy (non-hydrogen) atoms. The van der Waals surface area contributed by atoms with E-state index in [4.69, 9.17) is 16.3 Å². The number of ether oxygens (including phenoxy) is 1. The van der Waals surface area contributed by atoms with E-state index < -0.39 is 29.0 Å². The van der Waals surface area contributed by atoms with Gasteiger partial charge in [0.2, 0.25) is 0 Å². The van der Waals surface area contributed by atoms with Gasteiger partial charge in [0.25, 0.3) is 0 Å². The number of halogens is 5. The zero-order valence-electron chi connectivity index (χ0n) is 20.5. The minimum atomic E-state index is -1.33. The third-order valence-electron chi connectivity index (χ3n) is 7.18. The van der Waals surface area contributed by atoms with Crippen molar-refractivity contribution < 1.29 is 27.4 Å². The van der Waals surface area contributed by atoms with Crippen LogP contribution in [0.2, 0.25) is 5.02 Å². The molecule has 1 saturated heterocycles. The number of benzene rings is 2. The summed E-state index contributed by atoms with van der Waals surface area (Å²) in [7, 11) is 1.54. The number of methoxy groups -OCH3 is 1. The summed E-state index contributed by atoms with van der Waals surface area (Å²) in [5.41, 5.74) is 0.607. The van der Waals surface area contributed by atoms with E-state index in [9.17, 15) is 18.3 Å². The number of fused-ring (bicyclic) bond motifs is 1. The van der Waals surface area contributed by atoms with Crippen LogP contribution in [0, 0.1) is 22.9 Å². The van der Waals surface area contributed by atoms with Crippen LogP contribution in [0.4, 0.5) is 17.6 Å². The molecule has 10 heteroatoms. The van der Waals surface area contributed by atoms with Crippen LogP contribution in [0.3, 0.4) is 0 Å². The fourth-order valence-electron chi connectivity index (χ4n) is 4.87. The van der Waals surface area contributed by atoms with Gasteiger partial charge in [0.1, 0.15) is 29.4 Å². The van der Waals surface area contributed by atoms with Gasteiger partial charge in [0.05, 0.1) is 22.5 Å². The largest absolute Gasteiger partial charge is 0.497 e. The average Bonchev–Trinajstić information content (AvgIpc) is 2.89. The highest BCUT2D eigenvalue weighted by Crippen LogP contribution is 2.42. The third kappa shape index (κ3) is 6.50. The lowest BCUT2D eigenvalue weighted by atomic mass is 9.74. The number of hydrogen-bond donors (Lipinski definition) is 1. The summed E-state index contributed by atoms with van der Waals surface area (Å²) >= 11 is 7.37. The SMILES string of the molecule is COc1ccc2ncc(Cl)c([C@@H](F)CCC3(CO)CCN(CCSc4c(F)cc(F)cc4F)CC3)c2c1. The van der Waals surface area contributed by atoms with Crippen LogP contribution in [-0.2, 0) is 0 Å². The number of alkyl halides is 1. The Kier molecular flexibility index (Phi) is 9.21. The number of pyridine rings is 1. The second kappa shape index (κ2) is 12.2. The molecule has 0 aliphatic carbocycles. The van der Waals surface area contributed by atoms with Gasteiger partial charge in [0, 0.05) is 48.2 Å². The van der Waals surface area contributed by atoms with E-state index in [0.717, 1.165) is 11.8 Å². The molecule has 0 unspecified atom stereocenters. The molecule has 4 rings (SSSR count). The standard InChI is InChI=1S/C27H29ClF4N2O2S/c1-36-18-2-3-24-19(14-18)25(20(28)15-33-24)21(30)4-5-27(16-35)6-8-34(9-7-27)10-11-37-26-22(31)12-17(29)13-23(26)32/h2-3,12-15,21,35H,4-11,16H2,1H3/t21-/m0/s1. The van der Waals surface area contributed by atoms with E-state index in [1.165, 1.54) is 6.20 Å². The van der Waals surface area contributed by atoms with E-state index in [-0.39, 0.29) is 22.9 Å². The normalized spacial score (nSPS) is 16.7. The smallest absolute Gasteiger partial charge is 0.142 e. The van der Waals surface area contributed by atoms with Crippen LogP contribution in [0.5, 0.6) is 5.75 Å². The van der Waals surface area contributed by atoms with Crippen molar-refractivity contribution in [1.29, 1.82) is 0 Å². The van der Waals surface area contributed by atoms with Crippen LogP contribution in [0.15, 0.2) is 41.4 Å². The Labute approximate surface area is 223 Å². The van der Waals surface area contributed by atoms with Crippen LogP contribution in [0.25, 0.3) is 10.9 Å². The molecule has 1 aromatic heterocycles. The number of piperidine rings is 1. The van der Waals surface area contributed by atoms with E-state index in [1.807, 2.05) is 0 Å². The second-order valence-corrected chi connectivity index (χ2v) is 11.0. The molecule has 3 aromatic rings. The predicted octanol–water partition coefficient (Wildman–Crippen LogP) is 6.97. The van der Waals surface area contributed by atoms with Gasteiger partial charge in [-0.3, -0.25) is 4.98 Å². The van der Waals surface area contributed by atoms with E-state index >= 15 is 4.39 Å². The van der Waals surface area contributed by atoms with Gasteiger partial charge in [-0.2, -0.15) is 0 Å². The van der Waals surface area contributed by atoms with Crippen molar-refractivity contribution in [3.63, 3.8) is 0 Å². The first kappa shape index (κ1) is 28.0. The minimum Gasteiger partial charge on any atom is -0.497 e. The maximum absolute atomic E-state index is 15.6. The van der Waals surface area contributed by atoms with Crippen LogP contribution in [-0.4, -0.2) is 54.1 Å². The molecule has 200 valence electrons. The molecule has 0 saturated carbocycles. The molecule has 1 N–H and O–H groups in total. The van der Waals surface area contributed by atoms with Crippen molar-refractivity contribution in [3.05, 3.63) is 64.6 Å². The number of thioether (sulfide) groups is 1. The van der Waals surface area contributed by atoms with E-state index in [0.29, 0.717) is 79.0 Å². The summed E-state index contributed by atoms with van der Waals surface area (Å²) < 4.78 is 61.7. The topological polar surface area (TPSA) is 45.6 Å². The third-order valence-corrected chi connectivity index (χ3v) is 8.55. The summed E-state index contributed by atoms with van der Waals surface area (Å²) in [6.07, 6.45) is 2.18. The molecule has 1 fully saturated rings. The molecule has 1 atom stereocenters. The van der Waals surface area contributed by atoms with Crippen LogP contribution in [0.1, 0.15) is 37.4 Å². The first-order chi connectivity index (χ1) is 17.7. The Balaban J connectivity index is 1.33. The molecule has 1 aliphatic heterocycles. The van der Waals surface area contributed by atoms with Gasteiger partial charge >= 0.3 is 0 Å². The fraction of sp³-hybridized carbons (Fsp3) is 0.444. The lowest BCUT2D eigenvalue weighted by Gasteiger charge is -2.41. The van der Waals surface area contributed by atoms with Gasteiger partial charge in [-0.25, -0.2) is 17.6 Å². The molecular formula is C27H29ClF4N2O2S. The maximum atomic E-state index is 15.6. The Hall–Kier alpha value is -2.07. The lowest BCUT2D eigenvalue weighted by Crippen LogP contribution is -2.42. The molecular weight excluding hydrogens is 528 g/mol. The van der Waals surface area contributed by atoms with Crippen molar-refractivity contribution in [2.75, 3.05) is 39.1 Å². The Bertz CT molecular complexity index is 1220. The fourth-order valence-corrected chi connectivity index (χ4v) is 6.09. The zero-order chi connectivity index (χ0) is 26.6. The summed E-state index contributed by atoms with van der Waals surface area (Å²) in [5, 5.41) is 11.1. The highest BCUT2D eigenvalue weighted by atomic mass is 35.5. The predicted molar refractivity (Wildman–Crippen MR) is 139 cm³/mol. The quantitative estimate of drug-likeness (QED) is 0.216. The Morgan fingerprint density at radius 3 is 2.51 bits per heavy atom. The van der Waals surface area contributed by atoms with Gasteiger partial charge < -0.3 is 14.7 Å². The number of aliphatic hydroxyl groups excluding tert-OH is 1. The molecule has 2 heterocycles. The highest BCUT2D eigenvalue weighted by molar-refractivity contribution is 7.99. The first-order valence-electron chi connectivity index (χ1n) is 12.1. The van der Waals surface area contributed by atoms with Gasteiger partial charge in [-0.15, -0.1) is 11.8 Å². The molecule has 0 radical (unpaired) electrons. The molecule has 0 amide bonds. The molecule has 4 nitrogen and oxygen atoms in total. The van der Waals surface area contributed by atoms with Crippen LogP contribution >= 0.6 is 23.4 Å². The van der Waals surface area contributed by atoms with Gasteiger partial charge in [-0.1, -0.05) is 11.6 Å². The summed E-state index contributed by atoms with van der Waals surface area (Å²) in [6.45, 7) is 1.91. The van der Waals surface area contributed by atoms with Crippen molar-refractivity contribution in [2.45, 2.75) is 36.8 Å². The van der Waals surface area contributed by atoms with Crippen molar-refractivity contribution in [2.24, 2.45) is 5.41 Å². The zero-order valence-corrected chi connectivity index (χ0v) is 22.0. The second-order valence-electron chi connectivity index (χ2n) is 9.46. The average molecular weight is 557 g/mol. The number of rotatable bonds is 10. The molecule has 0 spiro atoms. The number of aromatic nitrogens is 1. The van der Waals surface area contributed by atoms with Gasteiger partial charge in [-0.05, 0) is 62.4 Å². The monoisotopic (exact) mass is 556 g/mol. The number of likely N-dealkylation sites (tertiary alicyclic amines) is 1. The number of aliphatic hydroxyl groups is 1. The molecule has 1 aliphatic rings. The van der Waals surface area contributed by atoms with Crippen LogP contribution < -0.4 is 4.74 Å². The van der Waals surface area contributed by atoms with Crippen molar-refractivity contribution in [1.82, 2.24) is 9.88 Å². The van der Waals surface area contributed by atoms with E-state index in [1.54, 1.807) is 25.3 Å². The van der Waals surface area contributed by atoms with Crippen molar-refractivity contribution in [3.8, 4) is 5.75 Å². The maximum Gasteiger partial charge on any atom is 0.142 e. The van der Waals surface area contributed by atoms with E-state index in [2.05, 4.69) is 9.88 Å². The van der Waals surface area contributed by atoms with Gasteiger partial charge in [0.15, 0.2) is 0 Å². The number of nitrogens with zero attached hydrogens (tertiary/aromatic N) is 2. The van der Waals surface area contributed by atoms with Crippen molar-refractivity contribution >= 4 is 34.3 Å². The molecule has 0 bridgehead atoms. The Morgan fingerprint density at radius 2 is 1.86 bits per heavy atom. The number of hydrogen-bond acceptors (Lipinski definition) is 5. The summed E-state index contributed by atoms with van der Waals surface area (Å²) in [6, 6.07) is 6.62. The first-order valence-corrected chi connectivity index (χ1v) is 13.5. The highest BCUT2D eigenvalue weighted by Gasteiger charge is 2.35. The molecule has 2 aromatic carbocycles. The Morgan fingerprint density at radius 1 is 1.16 bits per heavy atom. The minimum absolute atomic E-state index is 0.0487. The lowest BCUT2D eigenvalue weighted by molar-refractivity contribution is 0.0323. The summed E-state index contributed by atoms with van der Waals surface area (Å²) in [5.74, 6) is -1.71.